The highest BCUT2D eigenvalue weighted by molar-refractivity contribution is 5.85. The van der Waals surface area contributed by atoms with Crippen molar-refractivity contribution < 1.29 is 32.6 Å². The number of alkyl carbamates (subject to hydrolysis) is 1. The Morgan fingerprint density at radius 3 is 2.33 bits per heavy atom. The average Bonchev–Trinajstić information content (AvgIpc) is 2.56. The van der Waals surface area contributed by atoms with Crippen LogP contribution >= 0.6 is 0 Å². The van der Waals surface area contributed by atoms with Crippen LogP contribution in [0.3, 0.4) is 0 Å². The van der Waals surface area contributed by atoms with Gasteiger partial charge in [-0.15, -0.1) is 0 Å². The number of nitrogens with zero attached hydrogens (tertiary/aromatic N) is 1. The molecule has 2 N–H and O–H groups in total. The fourth-order valence-corrected chi connectivity index (χ4v) is 2.11. The molecule has 0 aromatic heterocycles. The van der Waals surface area contributed by atoms with E-state index in [0.29, 0.717) is 0 Å². The van der Waals surface area contributed by atoms with Crippen molar-refractivity contribution in [3.05, 3.63) is 0 Å². The molecule has 1 unspecified atom stereocenters. The molecule has 0 spiro atoms. The number of likely N-dealkylation sites (tertiary alicyclic amines) is 1. The van der Waals surface area contributed by atoms with Gasteiger partial charge in [0.2, 0.25) is 0 Å². The second-order valence-electron chi connectivity index (χ2n) is 6.09. The SMILES string of the molecule is CC(C)(C)OC(=O)NC1(C(=O)O)CCN(CC(F)(F)F)C1. The Hall–Kier alpha value is -1.51. The molecule has 0 aromatic carbocycles. The van der Waals surface area contributed by atoms with Crippen LogP contribution in [0.25, 0.3) is 0 Å². The minimum atomic E-state index is -4.42. The van der Waals surface area contributed by atoms with Crippen LogP contribution in [0.2, 0.25) is 0 Å². The van der Waals surface area contributed by atoms with E-state index in [4.69, 9.17) is 4.74 Å². The van der Waals surface area contributed by atoms with Gasteiger partial charge in [0.05, 0.1) is 6.54 Å². The molecule has 1 saturated heterocycles. The predicted octanol–water partition coefficient (Wildman–Crippen LogP) is 1.60. The van der Waals surface area contributed by atoms with Gasteiger partial charge in [-0.25, -0.2) is 9.59 Å². The van der Waals surface area contributed by atoms with Crippen molar-refractivity contribution in [3.8, 4) is 0 Å². The molecular formula is C12H19F3N2O4. The van der Waals surface area contributed by atoms with Gasteiger partial charge in [-0.2, -0.15) is 13.2 Å². The van der Waals surface area contributed by atoms with Gasteiger partial charge in [0.25, 0.3) is 0 Å². The zero-order valence-corrected chi connectivity index (χ0v) is 12.1. The van der Waals surface area contributed by atoms with E-state index >= 15 is 0 Å². The molecule has 0 bridgehead atoms. The second kappa shape index (κ2) is 5.70. The summed E-state index contributed by atoms with van der Waals surface area (Å²) in [5.41, 5.74) is -2.58. The molecule has 0 aliphatic carbocycles. The lowest BCUT2D eigenvalue weighted by molar-refractivity contribution is -0.149. The maximum Gasteiger partial charge on any atom is 0.408 e. The number of nitrogens with one attached hydrogen (secondary N) is 1. The summed E-state index contributed by atoms with van der Waals surface area (Å²) in [7, 11) is 0. The van der Waals surface area contributed by atoms with E-state index in [-0.39, 0.29) is 13.0 Å². The summed E-state index contributed by atoms with van der Waals surface area (Å²) in [6.45, 7) is 3.11. The van der Waals surface area contributed by atoms with E-state index < -0.39 is 42.5 Å². The molecule has 0 saturated carbocycles. The normalized spacial score (nSPS) is 23.9. The molecule has 1 heterocycles. The van der Waals surface area contributed by atoms with Crippen molar-refractivity contribution >= 4 is 12.1 Å². The first kappa shape index (κ1) is 17.5. The van der Waals surface area contributed by atoms with Crippen LogP contribution in [0.5, 0.6) is 0 Å². The first-order valence-electron chi connectivity index (χ1n) is 6.37. The van der Waals surface area contributed by atoms with Crippen molar-refractivity contribution in [2.75, 3.05) is 19.6 Å². The third-order valence-corrected chi connectivity index (χ3v) is 2.90. The van der Waals surface area contributed by atoms with Gasteiger partial charge in [-0.05, 0) is 27.2 Å². The van der Waals surface area contributed by atoms with Gasteiger partial charge >= 0.3 is 18.2 Å². The van der Waals surface area contributed by atoms with Gasteiger partial charge in [-0.1, -0.05) is 0 Å². The fourth-order valence-electron chi connectivity index (χ4n) is 2.11. The van der Waals surface area contributed by atoms with Crippen LogP contribution in [0.4, 0.5) is 18.0 Å². The van der Waals surface area contributed by atoms with Crippen LogP contribution < -0.4 is 5.32 Å². The molecule has 122 valence electrons. The number of carbonyl (C=O) groups is 2. The molecule has 0 radical (unpaired) electrons. The number of carboxylic acid groups (broad SMARTS) is 1. The number of amides is 1. The van der Waals surface area contributed by atoms with Gasteiger partial charge in [0, 0.05) is 13.1 Å². The van der Waals surface area contributed by atoms with Gasteiger partial charge in [0.15, 0.2) is 5.54 Å². The minimum Gasteiger partial charge on any atom is -0.479 e. The molecule has 1 aliphatic heterocycles. The second-order valence-corrected chi connectivity index (χ2v) is 6.09. The van der Waals surface area contributed by atoms with Crippen molar-refractivity contribution in [3.63, 3.8) is 0 Å². The van der Waals surface area contributed by atoms with Gasteiger partial charge in [-0.3, -0.25) is 4.90 Å². The number of rotatable bonds is 3. The molecule has 1 amide bonds. The van der Waals surface area contributed by atoms with E-state index in [9.17, 15) is 27.9 Å². The number of ether oxygens (including phenoxy) is 1. The van der Waals surface area contributed by atoms with Gasteiger partial charge < -0.3 is 15.2 Å². The Balaban J connectivity index is 2.74. The molecule has 1 rings (SSSR count). The molecule has 1 aliphatic rings. The van der Waals surface area contributed by atoms with Gasteiger partial charge in [0.1, 0.15) is 5.60 Å². The summed E-state index contributed by atoms with van der Waals surface area (Å²) in [5.74, 6) is -1.38. The van der Waals surface area contributed by atoms with Crippen molar-refractivity contribution in [1.82, 2.24) is 10.2 Å². The summed E-state index contributed by atoms with van der Waals surface area (Å²) >= 11 is 0. The largest absolute Gasteiger partial charge is 0.479 e. The Morgan fingerprint density at radius 2 is 1.90 bits per heavy atom. The number of carbonyl (C=O) groups excluding carboxylic acids is 1. The Bertz CT molecular complexity index is 420. The van der Waals surface area contributed by atoms with E-state index in [2.05, 4.69) is 5.32 Å². The lowest BCUT2D eigenvalue weighted by Crippen LogP contribution is -2.57. The number of halogens is 3. The monoisotopic (exact) mass is 312 g/mol. The first-order chi connectivity index (χ1) is 9.33. The van der Waals surface area contributed by atoms with E-state index in [1.807, 2.05) is 0 Å². The predicted molar refractivity (Wildman–Crippen MR) is 66.8 cm³/mol. The highest BCUT2D eigenvalue weighted by Crippen LogP contribution is 2.26. The number of aliphatic carboxylic acids is 1. The number of carboxylic acids is 1. The molecular weight excluding hydrogens is 293 g/mol. The average molecular weight is 312 g/mol. The summed E-state index contributed by atoms with van der Waals surface area (Å²) in [4.78, 5) is 24.0. The van der Waals surface area contributed by atoms with E-state index in [1.54, 1.807) is 20.8 Å². The molecule has 21 heavy (non-hydrogen) atoms. The zero-order chi connectivity index (χ0) is 16.5. The quantitative estimate of drug-likeness (QED) is 0.827. The number of alkyl halides is 3. The van der Waals surface area contributed by atoms with Crippen LogP contribution in [0.15, 0.2) is 0 Å². The minimum absolute atomic E-state index is 0.0678. The Morgan fingerprint density at radius 1 is 1.33 bits per heavy atom. The van der Waals surface area contributed by atoms with Crippen LogP contribution in [-0.4, -0.2) is 59.0 Å². The lowest BCUT2D eigenvalue weighted by atomic mass is 9.99. The summed E-state index contributed by atoms with van der Waals surface area (Å²) in [5, 5.41) is 11.4. The maximum absolute atomic E-state index is 12.3. The first-order valence-corrected chi connectivity index (χ1v) is 6.37. The zero-order valence-electron chi connectivity index (χ0n) is 12.1. The smallest absolute Gasteiger partial charge is 0.408 e. The summed E-state index contributed by atoms with van der Waals surface area (Å²) in [6.07, 6.45) is -5.49. The van der Waals surface area contributed by atoms with Crippen LogP contribution in [0.1, 0.15) is 27.2 Å². The van der Waals surface area contributed by atoms with E-state index in [0.717, 1.165) is 4.90 Å². The standard InChI is InChI=1S/C12H19F3N2O4/c1-10(2,3)21-9(20)16-11(8(18)19)4-5-17(6-11)7-12(13,14)15/h4-7H2,1-3H3,(H,16,20)(H,18,19). The van der Waals surface area contributed by atoms with Crippen molar-refractivity contribution in [2.24, 2.45) is 0 Å². The highest BCUT2D eigenvalue weighted by atomic mass is 19.4. The summed E-state index contributed by atoms with van der Waals surface area (Å²) < 4.78 is 42.0. The molecule has 1 fully saturated rings. The third-order valence-electron chi connectivity index (χ3n) is 2.90. The van der Waals surface area contributed by atoms with Crippen LogP contribution in [0, 0.1) is 0 Å². The van der Waals surface area contributed by atoms with Crippen LogP contribution in [-0.2, 0) is 9.53 Å². The maximum atomic E-state index is 12.3. The highest BCUT2D eigenvalue weighted by Gasteiger charge is 2.49. The molecule has 9 heteroatoms. The topological polar surface area (TPSA) is 78.9 Å². The summed E-state index contributed by atoms with van der Waals surface area (Å²) in [6, 6.07) is 0. The Labute approximate surface area is 120 Å². The number of hydrogen-bond donors (Lipinski definition) is 2. The fraction of sp³-hybridized carbons (Fsp3) is 0.833. The third kappa shape index (κ3) is 5.41. The van der Waals surface area contributed by atoms with Crippen molar-refractivity contribution in [2.45, 2.75) is 44.5 Å². The molecule has 6 nitrogen and oxygen atoms in total. The Kier molecular flexibility index (Phi) is 4.76. The van der Waals surface area contributed by atoms with Crippen molar-refractivity contribution in [1.29, 1.82) is 0 Å². The number of hydrogen-bond acceptors (Lipinski definition) is 4. The lowest BCUT2D eigenvalue weighted by Gasteiger charge is -2.28. The van der Waals surface area contributed by atoms with E-state index in [1.165, 1.54) is 0 Å². The molecule has 0 aromatic rings. The molecule has 1 atom stereocenters.